The van der Waals surface area contributed by atoms with Crippen molar-refractivity contribution in [2.75, 3.05) is 0 Å². The molecule has 0 aliphatic carbocycles. The van der Waals surface area contributed by atoms with E-state index in [2.05, 4.69) is 46.1 Å². The van der Waals surface area contributed by atoms with E-state index in [1.807, 2.05) is 13.2 Å². The van der Waals surface area contributed by atoms with Gasteiger partial charge in [-0.25, -0.2) is 0 Å². The van der Waals surface area contributed by atoms with Crippen LogP contribution in [0.5, 0.6) is 0 Å². The summed E-state index contributed by atoms with van der Waals surface area (Å²) in [5.74, 6) is 0. The van der Waals surface area contributed by atoms with Crippen molar-refractivity contribution in [2.24, 2.45) is 7.05 Å². The summed E-state index contributed by atoms with van der Waals surface area (Å²) in [4.78, 5) is 0. The van der Waals surface area contributed by atoms with E-state index in [-0.39, 0.29) is 0 Å². The largest absolute Gasteiger partial charge is 0.351 e. The van der Waals surface area contributed by atoms with Crippen molar-refractivity contribution in [3.05, 3.63) is 40.7 Å². The van der Waals surface area contributed by atoms with Gasteiger partial charge in [0.05, 0.1) is 0 Å². The average molecular weight is 226 g/mol. The molecule has 0 unspecified atom stereocenters. The molecular weight excluding hydrogens is 214 g/mol. The summed E-state index contributed by atoms with van der Waals surface area (Å²) in [5, 5.41) is 0. The minimum absolute atomic E-state index is 1.01. The van der Waals surface area contributed by atoms with Gasteiger partial charge in [0.1, 0.15) is 0 Å². The number of hydrogen-bond donors (Lipinski definition) is 0. The van der Waals surface area contributed by atoms with E-state index in [0.29, 0.717) is 0 Å². The summed E-state index contributed by atoms with van der Waals surface area (Å²) in [6, 6.07) is 2.09. The molecule has 0 atom stereocenters. The number of hydrogen-bond acceptors (Lipinski definition) is 0. The van der Waals surface area contributed by atoms with Gasteiger partial charge in [-0.05, 0) is 24.6 Å². The number of halogens is 1. The third kappa shape index (κ3) is 1.89. The lowest BCUT2D eigenvalue weighted by Crippen LogP contribution is -1.89. The molecule has 2 heteroatoms. The molecule has 0 aliphatic rings. The second-order valence-corrected chi connectivity index (χ2v) is 3.64. The Balaban J connectivity index is 3.10. The van der Waals surface area contributed by atoms with Crippen LogP contribution in [0.2, 0.25) is 0 Å². The molecule has 0 aromatic carbocycles. The highest BCUT2D eigenvalue weighted by Gasteiger charge is 1.98. The van der Waals surface area contributed by atoms with Gasteiger partial charge in [-0.15, -0.1) is 0 Å². The second kappa shape index (κ2) is 3.76. The zero-order valence-electron chi connectivity index (χ0n) is 7.34. The molecular formula is C10H12BrN. The standard InChI is InChI=1S/C10H12BrN/c1-4-9(11)7-10-8(2)5-6-12(10)3/h4-7H,1H2,2-3H3/b9-7+. The second-order valence-electron chi connectivity index (χ2n) is 2.73. The first-order chi connectivity index (χ1) is 5.65. The third-order valence-electron chi connectivity index (χ3n) is 1.80. The van der Waals surface area contributed by atoms with Crippen molar-refractivity contribution in [3.63, 3.8) is 0 Å². The maximum Gasteiger partial charge on any atom is 0.0445 e. The van der Waals surface area contributed by atoms with Crippen molar-refractivity contribution in [1.82, 2.24) is 4.57 Å². The van der Waals surface area contributed by atoms with Gasteiger partial charge in [-0.1, -0.05) is 28.6 Å². The van der Waals surface area contributed by atoms with Gasteiger partial charge >= 0.3 is 0 Å². The molecule has 0 bridgehead atoms. The monoisotopic (exact) mass is 225 g/mol. The maximum absolute atomic E-state index is 3.68. The average Bonchev–Trinajstić information content (AvgIpc) is 2.35. The molecule has 0 radical (unpaired) electrons. The molecule has 64 valence electrons. The first-order valence-electron chi connectivity index (χ1n) is 3.76. The lowest BCUT2D eigenvalue weighted by molar-refractivity contribution is 0.911. The van der Waals surface area contributed by atoms with Crippen LogP contribution < -0.4 is 0 Å². The van der Waals surface area contributed by atoms with Crippen LogP contribution in [-0.4, -0.2) is 4.57 Å². The van der Waals surface area contributed by atoms with Gasteiger partial charge in [0.2, 0.25) is 0 Å². The van der Waals surface area contributed by atoms with E-state index < -0.39 is 0 Å². The van der Waals surface area contributed by atoms with E-state index in [9.17, 15) is 0 Å². The lowest BCUT2D eigenvalue weighted by Gasteiger charge is -1.98. The predicted octanol–water partition coefficient (Wildman–Crippen LogP) is 3.26. The molecule has 0 N–H and O–H groups in total. The van der Waals surface area contributed by atoms with E-state index in [4.69, 9.17) is 0 Å². The highest BCUT2D eigenvalue weighted by Crippen LogP contribution is 2.16. The van der Waals surface area contributed by atoms with Crippen molar-refractivity contribution in [2.45, 2.75) is 6.92 Å². The van der Waals surface area contributed by atoms with Crippen LogP contribution in [0.4, 0.5) is 0 Å². The molecule has 1 aromatic heterocycles. The fourth-order valence-corrected chi connectivity index (χ4v) is 1.29. The van der Waals surface area contributed by atoms with Crippen LogP contribution in [0.15, 0.2) is 29.4 Å². The number of nitrogens with zero attached hydrogens (tertiary/aromatic N) is 1. The normalized spacial score (nSPS) is 11.8. The van der Waals surface area contributed by atoms with E-state index in [1.54, 1.807) is 6.08 Å². The van der Waals surface area contributed by atoms with Crippen molar-refractivity contribution >= 4 is 22.0 Å². The molecule has 1 rings (SSSR count). The van der Waals surface area contributed by atoms with Gasteiger partial charge in [0, 0.05) is 23.4 Å². The Morgan fingerprint density at radius 2 is 2.33 bits per heavy atom. The fraction of sp³-hybridized carbons (Fsp3) is 0.200. The number of allylic oxidation sites excluding steroid dienone is 2. The summed E-state index contributed by atoms with van der Waals surface area (Å²) in [6.45, 7) is 5.77. The van der Waals surface area contributed by atoms with Crippen LogP contribution in [0, 0.1) is 6.92 Å². The Bertz CT molecular complexity index is 301. The maximum atomic E-state index is 3.68. The number of rotatable bonds is 2. The molecule has 0 saturated carbocycles. The highest BCUT2D eigenvalue weighted by molar-refractivity contribution is 9.12. The Labute approximate surface area is 81.5 Å². The Hall–Kier alpha value is -0.760. The van der Waals surface area contributed by atoms with Crippen LogP contribution in [0.3, 0.4) is 0 Å². The van der Waals surface area contributed by atoms with Crippen LogP contribution in [0.25, 0.3) is 6.08 Å². The van der Waals surface area contributed by atoms with E-state index in [0.717, 1.165) is 4.48 Å². The van der Waals surface area contributed by atoms with Gasteiger partial charge in [-0.2, -0.15) is 0 Å². The minimum Gasteiger partial charge on any atom is -0.351 e. The van der Waals surface area contributed by atoms with E-state index in [1.165, 1.54) is 11.3 Å². The fourth-order valence-electron chi connectivity index (χ4n) is 1.07. The molecule has 12 heavy (non-hydrogen) atoms. The SMILES string of the molecule is C=C/C(Br)=C\c1c(C)ccn1C. The van der Waals surface area contributed by atoms with Crippen LogP contribution >= 0.6 is 15.9 Å². The van der Waals surface area contributed by atoms with Gasteiger partial charge < -0.3 is 4.57 Å². The predicted molar refractivity (Wildman–Crippen MR) is 57.3 cm³/mol. The molecule has 0 fully saturated rings. The smallest absolute Gasteiger partial charge is 0.0445 e. The van der Waals surface area contributed by atoms with Crippen molar-refractivity contribution in [1.29, 1.82) is 0 Å². The zero-order valence-corrected chi connectivity index (χ0v) is 8.93. The lowest BCUT2D eigenvalue weighted by atomic mass is 10.2. The quantitative estimate of drug-likeness (QED) is 0.682. The van der Waals surface area contributed by atoms with Gasteiger partial charge in [0.15, 0.2) is 0 Å². The third-order valence-corrected chi connectivity index (χ3v) is 2.35. The van der Waals surface area contributed by atoms with Crippen molar-refractivity contribution < 1.29 is 0 Å². The summed E-state index contributed by atoms with van der Waals surface area (Å²) in [6.07, 6.45) is 5.89. The number of aromatic nitrogens is 1. The molecule has 1 heterocycles. The van der Waals surface area contributed by atoms with Crippen LogP contribution in [-0.2, 0) is 7.05 Å². The van der Waals surface area contributed by atoms with Crippen LogP contribution in [0.1, 0.15) is 11.3 Å². The summed E-state index contributed by atoms with van der Waals surface area (Å²) in [7, 11) is 2.03. The van der Waals surface area contributed by atoms with E-state index >= 15 is 0 Å². The first-order valence-corrected chi connectivity index (χ1v) is 4.56. The highest BCUT2D eigenvalue weighted by atomic mass is 79.9. The molecule has 0 aliphatic heterocycles. The Morgan fingerprint density at radius 1 is 1.67 bits per heavy atom. The van der Waals surface area contributed by atoms with Gasteiger partial charge in [-0.3, -0.25) is 0 Å². The summed E-state index contributed by atoms with van der Waals surface area (Å²) < 4.78 is 3.09. The first kappa shape index (κ1) is 9.33. The van der Waals surface area contributed by atoms with Gasteiger partial charge in [0.25, 0.3) is 0 Å². The molecule has 1 aromatic rings. The molecule has 1 nitrogen and oxygen atoms in total. The minimum atomic E-state index is 1.01. The molecule has 0 spiro atoms. The number of aryl methyl sites for hydroxylation is 2. The Morgan fingerprint density at radius 3 is 2.75 bits per heavy atom. The Kier molecular flexibility index (Phi) is 2.93. The summed E-state index contributed by atoms with van der Waals surface area (Å²) >= 11 is 3.40. The molecule has 0 saturated heterocycles. The topological polar surface area (TPSA) is 4.93 Å². The van der Waals surface area contributed by atoms with Crippen molar-refractivity contribution in [3.8, 4) is 0 Å². The zero-order chi connectivity index (χ0) is 9.14. The summed E-state index contributed by atoms with van der Waals surface area (Å²) in [5.41, 5.74) is 2.48. The molecule has 0 amide bonds.